The van der Waals surface area contributed by atoms with Crippen LogP contribution in [0.4, 0.5) is 0 Å². The standard InChI is InChI=1S/C22H33N5O4/c1-21(2,3)18(20(31)23-11-12-28)24-19(30)17-14-9-7-8-10-15(14)27(26-17)13-16(29)25-22(4,5)6/h7-10,18,28H,11-13H2,1-6H3,(H,23,31)(H,24,30)(H,25,29)/t18-/m1/s1. The van der Waals surface area contributed by atoms with Gasteiger partial charge in [-0.2, -0.15) is 5.10 Å². The fourth-order valence-corrected chi connectivity index (χ4v) is 3.17. The molecule has 1 aromatic carbocycles. The molecule has 9 nitrogen and oxygen atoms in total. The minimum absolute atomic E-state index is 0.0370. The number of nitrogens with zero attached hydrogens (tertiary/aromatic N) is 2. The van der Waals surface area contributed by atoms with Crippen LogP contribution in [0.15, 0.2) is 24.3 Å². The molecular formula is C22H33N5O4. The van der Waals surface area contributed by atoms with Gasteiger partial charge in [0.25, 0.3) is 5.91 Å². The minimum atomic E-state index is -0.834. The number of rotatable bonds is 7. The van der Waals surface area contributed by atoms with E-state index >= 15 is 0 Å². The van der Waals surface area contributed by atoms with Gasteiger partial charge in [-0.15, -0.1) is 0 Å². The first kappa shape index (κ1) is 24.3. The van der Waals surface area contributed by atoms with Crippen molar-refractivity contribution < 1.29 is 19.5 Å². The van der Waals surface area contributed by atoms with Crippen molar-refractivity contribution in [2.24, 2.45) is 5.41 Å². The quantitative estimate of drug-likeness (QED) is 0.524. The number of benzene rings is 1. The monoisotopic (exact) mass is 431 g/mol. The molecule has 3 amide bonds. The molecule has 0 saturated heterocycles. The lowest BCUT2D eigenvalue weighted by atomic mass is 9.86. The Bertz CT molecular complexity index is 953. The van der Waals surface area contributed by atoms with Gasteiger partial charge in [-0.05, 0) is 32.3 Å². The molecule has 0 unspecified atom stereocenters. The van der Waals surface area contributed by atoms with Crippen LogP contribution in [-0.2, 0) is 16.1 Å². The van der Waals surface area contributed by atoms with Crippen LogP contribution < -0.4 is 16.0 Å². The Morgan fingerprint density at radius 2 is 1.74 bits per heavy atom. The molecule has 4 N–H and O–H groups in total. The summed E-state index contributed by atoms with van der Waals surface area (Å²) < 4.78 is 1.49. The number of amides is 3. The molecule has 2 aromatic rings. The zero-order chi connectivity index (χ0) is 23.4. The van der Waals surface area contributed by atoms with Gasteiger partial charge in [-0.3, -0.25) is 19.1 Å². The Kier molecular flexibility index (Phi) is 7.43. The third-order valence-corrected chi connectivity index (χ3v) is 4.50. The lowest BCUT2D eigenvalue weighted by Gasteiger charge is -2.30. The molecule has 1 aromatic heterocycles. The summed E-state index contributed by atoms with van der Waals surface area (Å²) in [4.78, 5) is 38.1. The lowest BCUT2D eigenvalue weighted by molar-refractivity contribution is -0.125. The van der Waals surface area contributed by atoms with Gasteiger partial charge in [0, 0.05) is 17.5 Å². The summed E-state index contributed by atoms with van der Waals surface area (Å²) in [5.41, 5.74) is -0.167. The highest BCUT2D eigenvalue weighted by molar-refractivity contribution is 6.06. The van der Waals surface area contributed by atoms with Gasteiger partial charge in [0.2, 0.25) is 11.8 Å². The molecule has 0 radical (unpaired) electrons. The molecule has 0 fully saturated rings. The molecule has 170 valence electrons. The number of aromatic nitrogens is 2. The largest absolute Gasteiger partial charge is 0.395 e. The molecule has 0 aliphatic rings. The number of para-hydroxylation sites is 1. The van der Waals surface area contributed by atoms with E-state index in [0.29, 0.717) is 10.9 Å². The minimum Gasteiger partial charge on any atom is -0.395 e. The molecule has 0 saturated carbocycles. The van der Waals surface area contributed by atoms with E-state index in [9.17, 15) is 14.4 Å². The smallest absolute Gasteiger partial charge is 0.273 e. The lowest BCUT2D eigenvalue weighted by Crippen LogP contribution is -2.54. The second-order valence-electron chi connectivity index (χ2n) is 9.61. The Morgan fingerprint density at radius 1 is 1.10 bits per heavy atom. The van der Waals surface area contributed by atoms with Crippen molar-refractivity contribution in [1.29, 1.82) is 0 Å². The molecule has 0 aliphatic heterocycles. The predicted octanol–water partition coefficient (Wildman–Crippen LogP) is 1.20. The van der Waals surface area contributed by atoms with Crippen molar-refractivity contribution >= 4 is 28.6 Å². The highest BCUT2D eigenvalue weighted by Crippen LogP contribution is 2.22. The molecule has 0 aliphatic carbocycles. The van der Waals surface area contributed by atoms with Crippen LogP contribution in [-0.4, -0.2) is 57.3 Å². The van der Waals surface area contributed by atoms with Gasteiger partial charge < -0.3 is 21.1 Å². The van der Waals surface area contributed by atoms with E-state index in [4.69, 9.17) is 5.11 Å². The third-order valence-electron chi connectivity index (χ3n) is 4.50. The number of hydrogen-bond donors (Lipinski definition) is 4. The van der Waals surface area contributed by atoms with Crippen molar-refractivity contribution in [3.8, 4) is 0 Å². The van der Waals surface area contributed by atoms with Crippen LogP contribution in [0.5, 0.6) is 0 Å². The summed E-state index contributed by atoms with van der Waals surface area (Å²) in [7, 11) is 0. The summed E-state index contributed by atoms with van der Waals surface area (Å²) in [5, 5.41) is 22.2. The fraction of sp³-hybridized carbons (Fsp3) is 0.545. The van der Waals surface area contributed by atoms with Crippen LogP contribution in [0.2, 0.25) is 0 Å². The molecule has 9 heteroatoms. The maximum absolute atomic E-state index is 13.1. The number of carbonyl (C=O) groups excluding carboxylic acids is 3. The van der Waals surface area contributed by atoms with Gasteiger partial charge in [0.1, 0.15) is 12.6 Å². The van der Waals surface area contributed by atoms with Crippen LogP contribution in [0.1, 0.15) is 52.0 Å². The van der Waals surface area contributed by atoms with Crippen molar-refractivity contribution in [2.45, 2.75) is 59.7 Å². The van der Waals surface area contributed by atoms with Crippen molar-refractivity contribution in [3.63, 3.8) is 0 Å². The van der Waals surface area contributed by atoms with Crippen molar-refractivity contribution in [2.75, 3.05) is 13.2 Å². The number of hydrogen-bond acceptors (Lipinski definition) is 5. The molecule has 0 spiro atoms. The first-order valence-electron chi connectivity index (χ1n) is 10.3. The molecule has 1 atom stereocenters. The molecular weight excluding hydrogens is 398 g/mol. The zero-order valence-corrected chi connectivity index (χ0v) is 19.1. The van der Waals surface area contributed by atoms with E-state index < -0.39 is 17.4 Å². The van der Waals surface area contributed by atoms with Crippen molar-refractivity contribution in [3.05, 3.63) is 30.0 Å². The number of fused-ring (bicyclic) bond motifs is 1. The van der Waals surface area contributed by atoms with Crippen molar-refractivity contribution in [1.82, 2.24) is 25.7 Å². The Labute approximate surface area is 182 Å². The number of aliphatic hydroxyl groups is 1. The average Bonchev–Trinajstić information content (AvgIpc) is 3.00. The second-order valence-corrected chi connectivity index (χ2v) is 9.61. The first-order valence-corrected chi connectivity index (χ1v) is 10.3. The van der Waals surface area contributed by atoms with Gasteiger partial charge in [0.15, 0.2) is 5.69 Å². The highest BCUT2D eigenvalue weighted by Gasteiger charge is 2.34. The first-order chi connectivity index (χ1) is 14.3. The molecule has 31 heavy (non-hydrogen) atoms. The summed E-state index contributed by atoms with van der Waals surface area (Å²) in [6.07, 6.45) is 0. The number of nitrogens with one attached hydrogen (secondary N) is 3. The average molecular weight is 432 g/mol. The predicted molar refractivity (Wildman–Crippen MR) is 118 cm³/mol. The van der Waals surface area contributed by atoms with Gasteiger partial charge in [0.05, 0.1) is 12.1 Å². The topological polar surface area (TPSA) is 125 Å². The third kappa shape index (κ3) is 6.52. The molecule has 2 rings (SSSR count). The highest BCUT2D eigenvalue weighted by atomic mass is 16.3. The molecule has 1 heterocycles. The van der Waals surface area contributed by atoms with Gasteiger partial charge in [-0.1, -0.05) is 39.0 Å². The van der Waals surface area contributed by atoms with Gasteiger partial charge >= 0.3 is 0 Å². The summed E-state index contributed by atoms with van der Waals surface area (Å²) in [6.45, 7) is 11.0. The van der Waals surface area contributed by atoms with E-state index in [1.54, 1.807) is 18.2 Å². The van der Waals surface area contributed by atoms with Crippen LogP contribution >= 0.6 is 0 Å². The maximum atomic E-state index is 13.1. The van der Waals surface area contributed by atoms with E-state index in [-0.39, 0.29) is 42.7 Å². The van der Waals surface area contributed by atoms with E-state index in [0.717, 1.165) is 0 Å². The second kappa shape index (κ2) is 9.47. The Balaban J connectivity index is 2.33. The fourth-order valence-electron chi connectivity index (χ4n) is 3.17. The maximum Gasteiger partial charge on any atom is 0.273 e. The number of carbonyl (C=O) groups is 3. The van der Waals surface area contributed by atoms with Crippen LogP contribution in [0, 0.1) is 5.41 Å². The Morgan fingerprint density at radius 3 is 2.32 bits per heavy atom. The summed E-state index contributed by atoms with van der Waals surface area (Å²) >= 11 is 0. The SMILES string of the molecule is CC(C)(C)NC(=O)Cn1nc(C(=O)N[C@H](C(=O)NCCO)C(C)(C)C)c2ccccc21. The summed E-state index contributed by atoms with van der Waals surface area (Å²) in [6, 6.07) is 6.31. The van der Waals surface area contributed by atoms with E-state index in [2.05, 4.69) is 21.0 Å². The zero-order valence-electron chi connectivity index (χ0n) is 19.1. The van der Waals surface area contributed by atoms with E-state index in [1.165, 1.54) is 4.68 Å². The van der Waals surface area contributed by atoms with Crippen LogP contribution in [0.3, 0.4) is 0 Å². The summed E-state index contributed by atoms with van der Waals surface area (Å²) in [5.74, 6) is -1.11. The number of aliphatic hydroxyl groups excluding tert-OH is 1. The van der Waals surface area contributed by atoms with E-state index in [1.807, 2.05) is 47.6 Å². The van der Waals surface area contributed by atoms with Gasteiger partial charge in [-0.25, -0.2) is 0 Å². The Hall–Kier alpha value is -2.94. The molecule has 0 bridgehead atoms. The normalized spacial score (nSPS) is 13.0. The van der Waals surface area contributed by atoms with Crippen LogP contribution in [0.25, 0.3) is 10.9 Å².